The van der Waals surface area contributed by atoms with E-state index in [0.29, 0.717) is 23.3 Å². The quantitative estimate of drug-likeness (QED) is 0.492. The molecule has 0 spiro atoms. The van der Waals surface area contributed by atoms with Crippen molar-refractivity contribution >= 4 is 17.7 Å². The zero-order valence-corrected chi connectivity index (χ0v) is 15.1. The predicted molar refractivity (Wildman–Crippen MR) is 95.8 cm³/mol. The van der Waals surface area contributed by atoms with Crippen molar-refractivity contribution in [3.8, 4) is 17.3 Å². The molecule has 1 aromatic carbocycles. The highest BCUT2D eigenvalue weighted by atomic mass is 32.2. The lowest BCUT2D eigenvalue weighted by atomic mass is 10.2. The highest BCUT2D eigenvalue weighted by Crippen LogP contribution is 2.31. The van der Waals surface area contributed by atoms with Gasteiger partial charge in [0.15, 0.2) is 10.9 Å². The van der Waals surface area contributed by atoms with Gasteiger partial charge in [-0.15, -0.1) is 10.2 Å². The fourth-order valence-corrected chi connectivity index (χ4v) is 3.27. The Labute approximate surface area is 150 Å². The molecule has 0 fully saturated rings. The Hall–Kier alpha value is -2.54. The van der Waals surface area contributed by atoms with E-state index in [1.807, 2.05) is 41.8 Å². The molecule has 3 aromatic rings. The molecule has 0 saturated heterocycles. The maximum atomic E-state index is 12.0. The molecular formula is C18H19N3O3S. The molecule has 2 heterocycles. The van der Waals surface area contributed by atoms with Crippen molar-refractivity contribution in [1.29, 1.82) is 0 Å². The van der Waals surface area contributed by atoms with Crippen LogP contribution < -0.4 is 0 Å². The molecule has 0 bridgehead atoms. The lowest BCUT2D eigenvalue weighted by molar-refractivity contribution is -0.142. The Kier molecular flexibility index (Phi) is 5.23. The molecule has 1 unspecified atom stereocenters. The third kappa shape index (κ3) is 3.61. The van der Waals surface area contributed by atoms with E-state index in [4.69, 9.17) is 9.15 Å². The van der Waals surface area contributed by atoms with Gasteiger partial charge in [0.05, 0.1) is 18.6 Å². The molecule has 130 valence electrons. The van der Waals surface area contributed by atoms with E-state index in [9.17, 15) is 4.79 Å². The molecule has 2 aromatic heterocycles. The number of para-hydroxylation sites is 1. The first-order chi connectivity index (χ1) is 12.1. The second kappa shape index (κ2) is 7.57. The molecule has 0 amide bonds. The van der Waals surface area contributed by atoms with Crippen LogP contribution in [0.4, 0.5) is 0 Å². The molecule has 0 N–H and O–H groups in total. The van der Waals surface area contributed by atoms with Gasteiger partial charge in [-0.25, -0.2) is 0 Å². The van der Waals surface area contributed by atoms with Gasteiger partial charge >= 0.3 is 5.97 Å². The fourth-order valence-electron chi connectivity index (χ4n) is 2.41. The lowest BCUT2D eigenvalue weighted by Gasteiger charge is -2.14. The van der Waals surface area contributed by atoms with Gasteiger partial charge in [-0.05, 0) is 44.5 Å². The van der Waals surface area contributed by atoms with Crippen LogP contribution in [0.1, 0.15) is 19.4 Å². The first kappa shape index (κ1) is 17.3. The van der Waals surface area contributed by atoms with Gasteiger partial charge in [-0.2, -0.15) is 0 Å². The molecule has 0 aliphatic rings. The van der Waals surface area contributed by atoms with Crippen LogP contribution in [-0.2, 0) is 9.53 Å². The van der Waals surface area contributed by atoms with Crippen molar-refractivity contribution in [3.63, 3.8) is 0 Å². The molecule has 0 aliphatic carbocycles. The zero-order chi connectivity index (χ0) is 17.8. The summed E-state index contributed by atoms with van der Waals surface area (Å²) in [5.74, 6) is 0.940. The summed E-state index contributed by atoms with van der Waals surface area (Å²) in [6.07, 6.45) is 1.60. The highest BCUT2D eigenvalue weighted by Gasteiger charge is 2.23. The van der Waals surface area contributed by atoms with E-state index < -0.39 is 5.25 Å². The minimum Gasteiger partial charge on any atom is -0.465 e. The highest BCUT2D eigenvalue weighted by molar-refractivity contribution is 8.00. The topological polar surface area (TPSA) is 70.2 Å². The summed E-state index contributed by atoms with van der Waals surface area (Å²) in [4.78, 5) is 12.0. The summed E-state index contributed by atoms with van der Waals surface area (Å²) in [5.41, 5.74) is 2.01. The molecular weight excluding hydrogens is 338 g/mol. The molecule has 1 atom stereocenters. The van der Waals surface area contributed by atoms with Crippen molar-refractivity contribution < 1.29 is 13.9 Å². The third-order valence-corrected chi connectivity index (χ3v) is 4.65. The van der Waals surface area contributed by atoms with Crippen molar-refractivity contribution in [2.24, 2.45) is 0 Å². The number of aromatic nitrogens is 3. The minimum absolute atomic E-state index is 0.272. The first-order valence-electron chi connectivity index (χ1n) is 8.00. The number of nitrogens with zero attached hydrogens (tertiary/aromatic N) is 3. The Morgan fingerprint density at radius 1 is 1.28 bits per heavy atom. The Balaban J connectivity index is 2.05. The van der Waals surface area contributed by atoms with Crippen LogP contribution >= 0.6 is 11.8 Å². The van der Waals surface area contributed by atoms with Crippen LogP contribution in [0.2, 0.25) is 0 Å². The van der Waals surface area contributed by atoms with Crippen LogP contribution in [0, 0.1) is 6.92 Å². The SMILES string of the molecule is CCOC(=O)C(C)Sc1nnc(-c2ccco2)n1-c1ccccc1C. The second-order valence-electron chi connectivity index (χ2n) is 5.42. The van der Waals surface area contributed by atoms with E-state index in [-0.39, 0.29) is 5.97 Å². The van der Waals surface area contributed by atoms with Gasteiger partial charge in [0.1, 0.15) is 5.25 Å². The maximum absolute atomic E-state index is 12.0. The summed E-state index contributed by atoms with van der Waals surface area (Å²) >= 11 is 1.31. The molecule has 3 rings (SSSR count). The number of esters is 1. The summed E-state index contributed by atoms with van der Waals surface area (Å²) in [5, 5.41) is 8.78. The number of ether oxygens (including phenoxy) is 1. The Bertz CT molecular complexity index is 858. The lowest BCUT2D eigenvalue weighted by Crippen LogP contribution is -2.17. The zero-order valence-electron chi connectivity index (χ0n) is 14.3. The van der Waals surface area contributed by atoms with Gasteiger partial charge in [0.25, 0.3) is 0 Å². The Morgan fingerprint density at radius 2 is 2.08 bits per heavy atom. The van der Waals surface area contributed by atoms with E-state index in [1.165, 1.54) is 11.8 Å². The second-order valence-corrected chi connectivity index (χ2v) is 6.73. The summed E-state index contributed by atoms with van der Waals surface area (Å²) in [6, 6.07) is 11.6. The van der Waals surface area contributed by atoms with E-state index in [1.54, 1.807) is 26.2 Å². The van der Waals surface area contributed by atoms with Crippen molar-refractivity contribution in [3.05, 3.63) is 48.2 Å². The summed E-state index contributed by atoms with van der Waals surface area (Å²) < 4.78 is 12.5. The average Bonchev–Trinajstić information content (AvgIpc) is 3.25. The van der Waals surface area contributed by atoms with Gasteiger partial charge in [0, 0.05) is 0 Å². The Morgan fingerprint density at radius 3 is 2.76 bits per heavy atom. The van der Waals surface area contributed by atoms with Crippen molar-refractivity contribution in [2.75, 3.05) is 6.61 Å². The number of hydrogen-bond acceptors (Lipinski definition) is 6. The first-order valence-corrected chi connectivity index (χ1v) is 8.88. The van der Waals surface area contributed by atoms with E-state index >= 15 is 0 Å². The average molecular weight is 357 g/mol. The number of thioether (sulfide) groups is 1. The maximum Gasteiger partial charge on any atom is 0.319 e. The largest absolute Gasteiger partial charge is 0.465 e. The van der Waals surface area contributed by atoms with Gasteiger partial charge in [0.2, 0.25) is 5.82 Å². The number of carbonyl (C=O) groups excluding carboxylic acids is 1. The molecule has 25 heavy (non-hydrogen) atoms. The number of rotatable bonds is 6. The normalized spacial score (nSPS) is 12.1. The van der Waals surface area contributed by atoms with Crippen molar-refractivity contribution in [1.82, 2.24) is 14.8 Å². The molecule has 0 saturated carbocycles. The smallest absolute Gasteiger partial charge is 0.319 e. The van der Waals surface area contributed by atoms with Crippen molar-refractivity contribution in [2.45, 2.75) is 31.2 Å². The fraction of sp³-hybridized carbons (Fsp3) is 0.278. The monoisotopic (exact) mass is 357 g/mol. The van der Waals surface area contributed by atoms with Crippen LogP contribution in [0.25, 0.3) is 17.3 Å². The number of furan rings is 1. The van der Waals surface area contributed by atoms with Gasteiger partial charge in [-0.1, -0.05) is 30.0 Å². The standard InChI is InChI=1S/C18H19N3O3S/c1-4-23-17(22)13(3)25-18-20-19-16(15-10-7-11-24-15)21(18)14-9-6-5-8-12(14)2/h5-11,13H,4H2,1-3H3. The van der Waals surface area contributed by atoms with Crippen LogP contribution in [-0.4, -0.2) is 32.6 Å². The van der Waals surface area contributed by atoms with E-state index in [2.05, 4.69) is 10.2 Å². The van der Waals surface area contributed by atoms with Gasteiger partial charge in [-0.3, -0.25) is 9.36 Å². The number of benzene rings is 1. The van der Waals surface area contributed by atoms with Gasteiger partial charge < -0.3 is 9.15 Å². The number of hydrogen-bond donors (Lipinski definition) is 0. The molecule has 0 aliphatic heterocycles. The van der Waals surface area contributed by atoms with E-state index in [0.717, 1.165) is 11.3 Å². The number of aryl methyl sites for hydroxylation is 1. The number of carbonyl (C=O) groups is 1. The van der Waals surface area contributed by atoms with Crippen LogP contribution in [0.15, 0.2) is 52.2 Å². The third-order valence-electron chi connectivity index (χ3n) is 3.63. The van der Waals surface area contributed by atoms with Crippen LogP contribution in [0.3, 0.4) is 0 Å². The summed E-state index contributed by atoms with van der Waals surface area (Å²) in [7, 11) is 0. The van der Waals surface area contributed by atoms with Crippen LogP contribution in [0.5, 0.6) is 0 Å². The minimum atomic E-state index is -0.392. The molecule has 6 nitrogen and oxygen atoms in total. The molecule has 7 heteroatoms. The molecule has 0 radical (unpaired) electrons. The summed E-state index contributed by atoms with van der Waals surface area (Å²) in [6.45, 7) is 5.96. The predicted octanol–water partition coefficient (Wildman–Crippen LogP) is 3.88.